The Morgan fingerprint density at radius 3 is 3.04 bits per heavy atom. The quantitative estimate of drug-likeness (QED) is 0.396. The summed E-state index contributed by atoms with van der Waals surface area (Å²) in [6.45, 7) is 2.66. The maximum absolute atomic E-state index is 12.7. The van der Waals surface area contributed by atoms with E-state index in [2.05, 4.69) is 28.2 Å². The lowest BCUT2D eigenvalue weighted by molar-refractivity contribution is 0.102. The number of hydrogen-bond donors (Lipinski definition) is 1. The summed E-state index contributed by atoms with van der Waals surface area (Å²) >= 11 is 1.38. The van der Waals surface area contributed by atoms with Crippen molar-refractivity contribution in [1.29, 1.82) is 0 Å². The molecule has 1 aromatic carbocycles. The molecule has 3 aromatic heterocycles. The fraction of sp³-hybridized carbons (Fsp3) is 0.211. The predicted octanol–water partition coefficient (Wildman–Crippen LogP) is 3.94. The van der Waals surface area contributed by atoms with Gasteiger partial charge in [0, 0.05) is 22.7 Å². The van der Waals surface area contributed by atoms with E-state index in [0.717, 1.165) is 28.6 Å². The summed E-state index contributed by atoms with van der Waals surface area (Å²) in [5.74, 6) is 1.20. The summed E-state index contributed by atoms with van der Waals surface area (Å²) < 4.78 is 7.24. The van der Waals surface area contributed by atoms with Gasteiger partial charge < -0.3 is 14.0 Å². The van der Waals surface area contributed by atoms with Crippen LogP contribution in [0.15, 0.2) is 58.7 Å². The zero-order valence-electron chi connectivity index (χ0n) is 14.3. The molecule has 4 rings (SSSR count). The molecule has 0 atom stereocenters. The molecule has 0 radical (unpaired) electrons. The monoisotopic (exact) mass is 366 g/mol. The highest BCUT2D eigenvalue weighted by Gasteiger charge is 2.16. The molecule has 6 nitrogen and oxygen atoms in total. The van der Waals surface area contributed by atoms with Crippen molar-refractivity contribution < 1.29 is 9.21 Å². The second-order valence-electron chi connectivity index (χ2n) is 5.93. The number of furan rings is 1. The highest BCUT2D eigenvalue weighted by Crippen LogP contribution is 2.25. The molecule has 0 aliphatic heterocycles. The summed E-state index contributed by atoms with van der Waals surface area (Å²) in [5.41, 5.74) is 2.98. The summed E-state index contributed by atoms with van der Waals surface area (Å²) in [5, 5.41) is 9.74. The van der Waals surface area contributed by atoms with Gasteiger partial charge in [-0.25, -0.2) is 0 Å². The third-order valence-electron chi connectivity index (χ3n) is 4.30. The fourth-order valence-corrected chi connectivity index (χ4v) is 3.78. The Bertz CT molecular complexity index is 1030. The number of thioether (sulfide) groups is 1. The first-order valence-electron chi connectivity index (χ1n) is 8.41. The Labute approximate surface area is 154 Å². The molecule has 0 saturated heterocycles. The van der Waals surface area contributed by atoms with E-state index in [9.17, 15) is 4.79 Å². The normalized spacial score (nSPS) is 11.3. The second kappa shape index (κ2) is 7.21. The molecule has 0 spiro atoms. The maximum atomic E-state index is 12.7. The van der Waals surface area contributed by atoms with E-state index in [1.54, 1.807) is 18.8 Å². The van der Waals surface area contributed by atoms with Crippen molar-refractivity contribution in [3.05, 3.63) is 66.0 Å². The van der Waals surface area contributed by atoms with Crippen LogP contribution in [0.1, 0.15) is 28.6 Å². The average molecular weight is 366 g/mol. The van der Waals surface area contributed by atoms with E-state index in [1.165, 1.54) is 17.3 Å². The number of nitrogens with one attached hydrogen (secondary N) is 1. The average Bonchev–Trinajstić information content (AvgIpc) is 3.40. The first kappa shape index (κ1) is 16.7. The number of benzene rings is 1. The Morgan fingerprint density at radius 2 is 2.23 bits per heavy atom. The van der Waals surface area contributed by atoms with Crippen LogP contribution in [0.25, 0.3) is 10.9 Å². The van der Waals surface area contributed by atoms with Gasteiger partial charge >= 0.3 is 0 Å². The highest BCUT2D eigenvalue weighted by molar-refractivity contribution is 7.99. The Hall–Kier alpha value is -2.80. The number of Topliss-reactive ketones (excluding diaryl/α,β-unsaturated/α-hetero) is 1. The molecule has 0 bridgehead atoms. The number of carbonyl (C=O) groups is 1. The molecule has 26 heavy (non-hydrogen) atoms. The van der Waals surface area contributed by atoms with Gasteiger partial charge in [0.05, 0.1) is 18.6 Å². The molecular weight excluding hydrogens is 348 g/mol. The lowest BCUT2D eigenvalue weighted by Crippen LogP contribution is -2.05. The zero-order valence-corrected chi connectivity index (χ0v) is 15.1. The number of fused-ring (bicyclic) bond motifs is 1. The summed E-state index contributed by atoms with van der Waals surface area (Å²) in [4.78, 5) is 16.0. The van der Waals surface area contributed by atoms with Gasteiger partial charge in [0.25, 0.3) is 0 Å². The molecule has 3 heterocycles. The summed E-state index contributed by atoms with van der Waals surface area (Å²) in [6, 6.07) is 9.81. The van der Waals surface area contributed by atoms with Crippen molar-refractivity contribution in [2.45, 2.75) is 25.0 Å². The highest BCUT2D eigenvalue weighted by atomic mass is 32.2. The topological polar surface area (TPSA) is 76.7 Å². The van der Waals surface area contributed by atoms with Crippen molar-refractivity contribution in [2.75, 3.05) is 5.75 Å². The molecule has 0 unspecified atom stereocenters. The number of ketones is 1. The van der Waals surface area contributed by atoms with Gasteiger partial charge in [0.2, 0.25) is 0 Å². The third-order valence-corrected chi connectivity index (χ3v) is 5.28. The maximum Gasteiger partial charge on any atom is 0.191 e. The van der Waals surface area contributed by atoms with E-state index in [4.69, 9.17) is 4.42 Å². The smallest absolute Gasteiger partial charge is 0.191 e. The number of aryl methyl sites for hydroxylation is 1. The minimum absolute atomic E-state index is 0.0713. The molecule has 1 N–H and O–H groups in total. The van der Waals surface area contributed by atoms with Crippen LogP contribution in [-0.2, 0) is 13.0 Å². The number of aromatic nitrogens is 4. The number of hydrogen-bond acceptors (Lipinski definition) is 5. The lowest BCUT2D eigenvalue weighted by Gasteiger charge is -2.04. The molecule has 0 fully saturated rings. The minimum atomic E-state index is 0.0713. The first-order valence-corrected chi connectivity index (χ1v) is 9.40. The largest absolute Gasteiger partial charge is 0.467 e. The number of rotatable bonds is 7. The summed E-state index contributed by atoms with van der Waals surface area (Å²) in [7, 11) is 0. The van der Waals surface area contributed by atoms with Crippen molar-refractivity contribution in [1.82, 2.24) is 19.7 Å². The molecule has 0 amide bonds. The van der Waals surface area contributed by atoms with Gasteiger partial charge in [0.15, 0.2) is 10.9 Å². The van der Waals surface area contributed by atoms with Crippen LogP contribution in [0.4, 0.5) is 0 Å². The number of para-hydroxylation sites is 1. The molecule has 7 heteroatoms. The Balaban J connectivity index is 1.49. The van der Waals surface area contributed by atoms with Crippen LogP contribution >= 0.6 is 11.8 Å². The molecule has 0 aliphatic carbocycles. The molecular formula is C19H18N4O2S. The zero-order chi connectivity index (χ0) is 17.9. The van der Waals surface area contributed by atoms with Crippen molar-refractivity contribution in [3.63, 3.8) is 0 Å². The van der Waals surface area contributed by atoms with E-state index >= 15 is 0 Å². The van der Waals surface area contributed by atoms with Gasteiger partial charge in [0.1, 0.15) is 12.1 Å². The fourth-order valence-electron chi connectivity index (χ4n) is 2.99. The number of H-pyrrole nitrogens is 1. The third kappa shape index (κ3) is 3.17. The minimum Gasteiger partial charge on any atom is -0.467 e. The Kier molecular flexibility index (Phi) is 4.62. The van der Waals surface area contributed by atoms with E-state index in [1.807, 2.05) is 28.8 Å². The van der Waals surface area contributed by atoms with Crippen molar-refractivity contribution in [3.8, 4) is 0 Å². The van der Waals surface area contributed by atoms with Gasteiger partial charge in [-0.1, -0.05) is 36.9 Å². The molecule has 0 saturated carbocycles. The standard InChI is InChI=1S/C19H18N4O2S/c1-2-13-5-3-7-15-16(9-20-18(13)15)17(24)11-26-19-22-21-12-23(19)10-14-6-4-8-25-14/h3-9,12,20H,2,10-11H2,1H3. The predicted molar refractivity (Wildman–Crippen MR) is 101 cm³/mol. The van der Waals surface area contributed by atoms with Crippen LogP contribution in [0.5, 0.6) is 0 Å². The van der Waals surface area contributed by atoms with Crippen molar-refractivity contribution >= 4 is 28.4 Å². The van der Waals surface area contributed by atoms with Gasteiger partial charge in [-0.15, -0.1) is 10.2 Å². The van der Waals surface area contributed by atoms with Gasteiger partial charge in [-0.2, -0.15) is 0 Å². The molecule has 132 valence electrons. The number of aromatic amines is 1. The SMILES string of the molecule is CCc1cccc2c(C(=O)CSc3nncn3Cc3ccco3)c[nH]c12. The van der Waals surface area contributed by atoms with Gasteiger partial charge in [-0.05, 0) is 24.1 Å². The van der Waals surface area contributed by atoms with Crippen LogP contribution < -0.4 is 0 Å². The lowest BCUT2D eigenvalue weighted by atomic mass is 10.1. The summed E-state index contributed by atoms with van der Waals surface area (Å²) in [6.07, 6.45) is 6.02. The van der Waals surface area contributed by atoms with Crippen LogP contribution in [-0.4, -0.2) is 31.3 Å². The van der Waals surface area contributed by atoms with Crippen LogP contribution in [0.2, 0.25) is 0 Å². The molecule has 0 aliphatic rings. The van der Waals surface area contributed by atoms with E-state index in [0.29, 0.717) is 17.5 Å². The van der Waals surface area contributed by atoms with Crippen molar-refractivity contribution in [2.24, 2.45) is 0 Å². The van der Waals surface area contributed by atoms with Gasteiger partial charge in [-0.3, -0.25) is 4.79 Å². The van der Waals surface area contributed by atoms with Crippen LogP contribution in [0.3, 0.4) is 0 Å². The van der Waals surface area contributed by atoms with E-state index in [-0.39, 0.29) is 5.78 Å². The number of nitrogens with zero attached hydrogens (tertiary/aromatic N) is 3. The van der Waals surface area contributed by atoms with E-state index < -0.39 is 0 Å². The second-order valence-corrected chi connectivity index (χ2v) is 6.87. The van der Waals surface area contributed by atoms with Crippen LogP contribution in [0, 0.1) is 0 Å². The Morgan fingerprint density at radius 1 is 1.31 bits per heavy atom. The number of carbonyl (C=O) groups excluding carboxylic acids is 1. The molecule has 4 aromatic rings. The first-order chi connectivity index (χ1) is 12.8.